The minimum atomic E-state index is -4.38. The van der Waals surface area contributed by atoms with Crippen molar-refractivity contribution in [2.45, 2.75) is 12.7 Å². The van der Waals surface area contributed by atoms with Crippen LogP contribution in [-0.4, -0.2) is 11.8 Å². The molecule has 0 saturated heterocycles. The van der Waals surface area contributed by atoms with Crippen LogP contribution in [0.25, 0.3) is 22.3 Å². The zero-order chi connectivity index (χ0) is 28.8. The van der Waals surface area contributed by atoms with Crippen LogP contribution in [-0.2, 0) is 12.7 Å². The maximum absolute atomic E-state index is 13.1. The molecular formula is C34H25F3N2O2. The van der Waals surface area contributed by atoms with Crippen LogP contribution in [0.15, 0.2) is 127 Å². The van der Waals surface area contributed by atoms with E-state index in [1.54, 1.807) is 48.5 Å². The van der Waals surface area contributed by atoms with Crippen LogP contribution in [0.2, 0.25) is 0 Å². The van der Waals surface area contributed by atoms with Crippen molar-refractivity contribution in [3.63, 3.8) is 0 Å². The van der Waals surface area contributed by atoms with Crippen molar-refractivity contribution in [3.8, 4) is 22.3 Å². The summed E-state index contributed by atoms with van der Waals surface area (Å²) < 4.78 is 38.4. The number of benzene rings is 5. The van der Waals surface area contributed by atoms with Crippen molar-refractivity contribution < 1.29 is 22.8 Å². The molecule has 4 nitrogen and oxygen atoms in total. The summed E-state index contributed by atoms with van der Waals surface area (Å²) in [6, 6.07) is 35.9. The highest BCUT2D eigenvalue weighted by molar-refractivity contribution is 6.09. The maximum atomic E-state index is 13.1. The first-order valence-electron chi connectivity index (χ1n) is 12.9. The van der Waals surface area contributed by atoms with Gasteiger partial charge in [0.25, 0.3) is 11.8 Å². The monoisotopic (exact) mass is 550 g/mol. The lowest BCUT2D eigenvalue weighted by atomic mass is 9.99. The molecule has 7 heteroatoms. The van der Waals surface area contributed by atoms with Crippen LogP contribution in [0.4, 0.5) is 18.9 Å². The summed E-state index contributed by atoms with van der Waals surface area (Å²) in [5.41, 5.74) is 4.71. The van der Waals surface area contributed by atoms with E-state index in [1.165, 1.54) is 12.1 Å². The van der Waals surface area contributed by atoms with Gasteiger partial charge in [-0.1, -0.05) is 91.0 Å². The van der Waals surface area contributed by atoms with Crippen LogP contribution >= 0.6 is 0 Å². The number of anilines is 1. The van der Waals surface area contributed by atoms with Gasteiger partial charge in [-0.15, -0.1) is 0 Å². The summed E-state index contributed by atoms with van der Waals surface area (Å²) in [5, 5.41) is 5.75. The molecule has 204 valence electrons. The van der Waals surface area contributed by atoms with E-state index in [9.17, 15) is 22.8 Å². The first kappa shape index (κ1) is 27.4. The molecule has 0 saturated carbocycles. The Morgan fingerprint density at radius 1 is 0.610 bits per heavy atom. The van der Waals surface area contributed by atoms with Crippen molar-refractivity contribution in [2.75, 3.05) is 5.32 Å². The predicted molar refractivity (Wildman–Crippen MR) is 154 cm³/mol. The molecule has 0 heterocycles. The van der Waals surface area contributed by atoms with Crippen LogP contribution in [0.3, 0.4) is 0 Å². The lowest BCUT2D eigenvalue weighted by Crippen LogP contribution is -2.23. The molecule has 0 aliphatic rings. The lowest BCUT2D eigenvalue weighted by molar-refractivity contribution is -0.137. The first-order valence-corrected chi connectivity index (χ1v) is 12.9. The molecule has 0 bridgehead atoms. The molecule has 0 aliphatic heterocycles. The van der Waals surface area contributed by atoms with E-state index in [0.29, 0.717) is 22.4 Å². The number of carbonyl (C=O) groups excluding carboxylic acids is 2. The molecule has 2 N–H and O–H groups in total. The number of halogens is 3. The average molecular weight is 551 g/mol. The number of nitrogens with one attached hydrogen (secondary N) is 2. The Hall–Kier alpha value is -5.17. The third kappa shape index (κ3) is 6.70. The van der Waals surface area contributed by atoms with Gasteiger partial charge >= 0.3 is 6.18 Å². The fourth-order valence-electron chi connectivity index (χ4n) is 4.44. The minimum absolute atomic E-state index is 0.257. The summed E-state index contributed by atoms with van der Waals surface area (Å²) in [5.74, 6) is -0.590. The molecule has 0 atom stereocenters. The summed E-state index contributed by atoms with van der Waals surface area (Å²) in [4.78, 5) is 26.0. The van der Waals surface area contributed by atoms with E-state index in [-0.39, 0.29) is 18.4 Å². The summed E-state index contributed by atoms with van der Waals surface area (Å²) in [7, 11) is 0. The molecule has 0 unspecified atom stereocenters. The number of rotatable bonds is 7. The Kier molecular flexibility index (Phi) is 7.97. The molecule has 0 spiro atoms. The second-order valence-electron chi connectivity index (χ2n) is 9.40. The standard InChI is InChI=1S/C34H25F3N2O2/c35-34(36,37)28-19-17-25(18-20-28)24-15-13-23(14-16-24)22-38-32(40)27-9-6-10-29(21-27)39-33(41)31-12-5-4-11-30(31)26-7-2-1-3-8-26/h1-21H,22H2,(H,38,40)(H,39,41). The van der Waals surface area contributed by atoms with E-state index in [0.717, 1.165) is 34.4 Å². The van der Waals surface area contributed by atoms with E-state index in [2.05, 4.69) is 10.6 Å². The average Bonchev–Trinajstić information content (AvgIpc) is 3.00. The van der Waals surface area contributed by atoms with Gasteiger partial charge in [-0.25, -0.2) is 0 Å². The van der Waals surface area contributed by atoms with Gasteiger partial charge in [-0.05, 0) is 64.2 Å². The lowest BCUT2D eigenvalue weighted by Gasteiger charge is -2.12. The highest BCUT2D eigenvalue weighted by atomic mass is 19.4. The van der Waals surface area contributed by atoms with Crippen LogP contribution in [0, 0.1) is 0 Å². The maximum Gasteiger partial charge on any atom is 0.416 e. The topological polar surface area (TPSA) is 58.2 Å². The van der Waals surface area contributed by atoms with Crippen LogP contribution in [0.5, 0.6) is 0 Å². The number of hydrogen-bond acceptors (Lipinski definition) is 2. The van der Waals surface area contributed by atoms with E-state index < -0.39 is 11.7 Å². The quantitative estimate of drug-likeness (QED) is 0.215. The number of amides is 2. The van der Waals surface area contributed by atoms with E-state index in [4.69, 9.17) is 0 Å². The van der Waals surface area contributed by atoms with Gasteiger partial charge in [0.1, 0.15) is 0 Å². The van der Waals surface area contributed by atoms with E-state index >= 15 is 0 Å². The van der Waals surface area contributed by atoms with Gasteiger partial charge in [0.2, 0.25) is 0 Å². The first-order chi connectivity index (χ1) is 19.8. The minimum Gasteiger partial charge on any atom is -0.348 e. The van der Waals surface area contributed by atoms with Crippen LogP contribution in [0.1, 0.15) is 31.8 Å². The molecule has 0 fully saturated rings. The molecule has 5 aromatic carbocycles. The third-order valence-electron chi connectivity index (χ3n) is 6.59. The zero-order valence-electron chi connectivity index (χ0n) is 21.8. The Balaban J connectivity index is 1.21. The fraction of sp³-hybridized carbons (Fsp3) is 0.0588. The number of hydrogen-bond donors (Lipinski definition) is 2. The molecule has 2 amide bonds. The molecule has 0 aromatic heterocycles. The van der Waals surface area contributed by atoms with Crippen LogP contribution < -0.4 is 10.6 Å². The smallest absolute Gasteiger partial charge is 0.348 e. The zero-order valence-corrected chi connectivity index (χ0v) is 21.8. The van der Waals surface area contributed by atoms with Gasteiger partial charge in [0.05, 0.1) is 5.56 Å². The van der Waals surface area contributed by atoms with Gasteiger partial charge in [-0.2, -0.15) is 13.2 Å². The van der Waals surface area contributed by atoms with Crippen molar-refractivity contribution in [1.29, 1.82) is 0 Å². The molecular weight excluding hydrogens is 525 g/mol. The summed E-state index contributed by atoms with van der Waals surface area (Å²) >= 11 is 0. The van der Waals surface area contributed by atoms with E-state index in [1.807, 2.05) is 54.6 Å². The van der Waals surface area contributed by atoms with Gasteiger partial charge in [0, 0.05) is 23.4 Å². The molecule has 0 radical (unpaired) electrons. The second kappa shape index (κ2) is 11.9. The summed E-state index contributed by atoms with van der Waals surface area (Å²) in [6.45, 7) is 0.257. The normalized spacial score (nSPS) is 11.1. The highest BCUT2D eigenvalue weighted by Gasteiger charge is 2.30. The second-order valence-corrected chi connectivity index (χ2v) is 9.40. The Labute approximate surface area is 235 Å². The fourth-order valence-corrected chi connectivity index (χ4v) is 4.44. The molecule has 0 aliphatic carbocycles. The highest BCUT2D eigenvalue weighted by Crippen LogP contribution is 2.31. The van der Waals surface area contributed by atoms with Gasteiger partial charge in [-0.3, -0.25) is 9.59 Å². The Morgan fingerprint density at radius 2 is 1.24 bits per heavy atom. The van der Waals surface area contributed by atoms with Crippen molar-refractivity contribution in [2.24, 2.45) is 0 Å². The van der Waals surface area contributed by atoms with Crippen molar-refractivity contribution in [3.05, 3.63) is 150 Å². The molecule has 41 heavy (non-hydrogen) atoms. The third-order valence-corrected chi connectivity index (χ3v) is 6.59. The Bertz CT molecular complexity index is 1660. The predicted octanol–water partition coefficient (Wildman–Crippen LogP) is 8.22. The molecule has 5 aromatic rings. The van der Waals surface area contributed by atoms with Crippen molar-refractivity contribution >= 4 is 17.5 Å². The van der Waals surface area contributed by atoms with Gasteiger partial charge < -0.3 is 10.6 Å². The molecule has 5 rings (SSSR count). The summed E-state index contributed by atoms with van der Waals surface area (Å²) in [6.07, 6.45) is -4.38. The Morgan fingerprint density at radius 3 is 1.93 bits per heavy atom. The SMILES string of the molecule is O=C(NCc1ccc(-c2ccc(C(F)(F)F)cc2)cc1)c1cccc(NC(=O)c2ccccc2-c2ccccc2)c1. The largest absolute Gasteiger partial charge is 0.416 e. The van der Waals surface area contributed by atoms with Crippen molar-refractivity contribution in [1.82, 2.24) is 5.32 Å². The number of carbonyl (C=O) groups is 2. The van der Waals surface area contributed by atoms with Gasteiger partial charge in [0.15, 0.2) is 0 Å². The number of alkyl halides is 3.